The van der Waals surface area contributed by atoms with Crippen molar-refractivity contribution in [1.29, 1.82) is 0 Å². The van der Waals surface area contributed by atoms with Gasteiger partial charge in [-0.25, -0.2) is 0 Å². The highest BCUT2D eigenvalue weighted by Gasteiger charge is 2.27. The van der Waals surface area contributed by atoms with E-state index in [-0.39, 0.29) is 16.6 Å². The Balaban J connectivity index is 2.46. The molecule has 0 aromatic heterocycles. The summed E-state index contributed by atoms with van der Waals surface area (Å²) < 4.78 is 5.28. The number of carbonyl (C=O) groups excluding carboxylic acids is 1. The van der Waals surface area contributed by atoms with E-state index in [0.29, 0.717) is 6.61 Å². The second-order valence-electron chi connectivity index (χ2n) is 5.88. The lowest BCUT2D eigenvalue weighted by Crippen LogP contribution is -2.49. The van der Waals surface area contributed by atoms with Gasteiger partial charge in [0.1, 0.15) is 0 Å². The summed E-state index contributed by atoms with van der Waals surface area (Å²) in [4.78, 5) is 18.3. The van der Waals surface area contributed by atoms with E-state index < -0.39 is 0 Å². The Morgan fingerprint density at radius 1 is 1.43 bits per heavy atom. The molecular formula is C15H29N3O2S. The minimum Gasteiger partial charge on any atom is -0.466 e. The van der Waals surface area contributed by atoms with Gasteiger partial charge in [-0.2, -0.15) is 11.8 Å². The Labute approximate surface area is 132 Å². The van der Waals surface area contributed by atoms with Gasteiger partial charge >= 0.3 is 5.97 Å². The average Bonchev–Trinajstić information content (AvgIpc) is 2.48. The topological polar surface area (TPSA) is 53.9 Å². The largest absolute Gasteiger partial charge is 0.466 e. The van der Waals surface area contributed by atoms with Gasteiger partial charge in [-0.15, -0.1) is 0 Å². The minimum atomic E-state index is -0.0522. The number of ether oxygens (including phenoxy) is 1. The van der Waals surface area contributed by atoms with Gasteiger partial charge < -0.3 is 15.0 Å². The summed E-state index contributed by atoms with van der Waals surface area (Å²) in [5.74, 6) is 0.921. The zero-order chi connectivity index (χ0) is 15.9. The summed E-state index contributed by atoms with van der Waals surface area (Å²) in [7, 11) is 1.81. The molecule has 0 radical (unpaired) electrons. The SMILES string of the molecule is CCOC(=O)C1CCN(C(=NC)NCC(C)(C)SC)CC1. The fourth-order valence-corrected chi connectivity index (χ4v) is 2.50. The normalized spacial score (nSPS) is 17.8. The smallest absolute Gasteiger partial charge is 0.309 e. The summed E-state index contributed by atoms with van der Waals surface area (Å²) in [5, 5.41) is 3.44. The number of rotatable bonds is 5. The van der Waals surface area contributed by atoms with Crippen molar-refractivity contribution in [2.24, 2.45) is 10.9 Å². The molecule has 0 amide bonds. The number of thioether (sulfide) groups is 1. The zero-order valence-electron chi connectivity index (χ0n) is 13.9. The van der Waals surface area contributed by atoms with Crippen LogP contribution in [-0.4, -0.2) is 61.1 Å². The van der Waals surface area contributed by atoms with E-state index >= 15 is 0 Å². The molecule has 0 aliphatic carbocycles. The van der Waals surface area contributed by atoms with Gasteiger partial charge in [-0.3, -0.25) is 9.79 Å². The quantitative estimate of drug-likeness (QED) is 0.478. The first kappa shape index (κ1) is 18.1. The van der Waals surface area contributed by atoms with Crippen molar-refractivity contribution in [3.8, 4) is 0 Å². The third-order valence-electron chi connectivity index (χ3n) is 3.85. The molecule has 6 heteroatoms. The monoisotopic (exact) mass is 315 g/mol. The van der Waals surface area contributed by atoms with E-state index in [1.165, 1.54) is 0 Å². The number of nitrogens with zero attached hydrogens (tertiary/aromatic N) is 2. The maximum Gasteiger partial charge on any atom is 0.309 e. The minimum absolute atomic E-state index is 0.0435. The van der Waals surface area contributed by atoms with Gasteiger partial charge in [0.05, 0.1) is 12.5 Å². The molecule has 5 nitrogen and oxygen atoms in total. The second kappa shape index (κ2) is 8.51. The Morgan fingerprint density at radius 2 is 2.05 bits per heavy atom. The van der Waals surface area contributed by atoms with Crippen molar-refractivity contribution < 1.29 is 9.53 Å². The molecule has 0 aromatic rings. The lowest BCUT2D eigenvalue weighted by atomic mass is 9.97. The van der Waals surface area contributed by atoms with Gasteiger partial charge in [0.2, 0.25) is 0 Å². The molecule has 0 atom stereocenters. The number of nitrogens with one attached hydrogen (secondary N) is 1. The molecule has 0 spiro atoms. The molecule has 0 saturated carbocycles. The van der Waals surface area contributed by atoms with Crippen molar-refractivity contribution in [3.05, 3.63) is 0 Å². The van der Waals surface area contributed by atoms with E-state index in [4.69, 9.17) is 4.74 Å². The predicted molar refractivity (Wildman–Crippen MR) is 89.9 cm³/mol. The number of likely N-dealkylation sites (tertiary alicyclic amines) is 1. The fraction of sp³-hybridized carbons (Fsp3) is 0.867. The first-order valence-electron chi connectivity index (χ1n) is 7.61. The summed E-state index contributed by atoms with van der Waals surface area (Å²) in [6, 6.07) is 0. The first-order chi connectivity index (χ1) is 9.93. The molecule has 0 unspecified atom stereocenters. The highest BCUT2D eigenvalue weighted by molar-refractivity contribution is 7.99. The van der Waals surface area contributed by atoms with Gasteiger partial charge in [0, 0.05) is 31.4 Å². The molecule has 21 heavy (non-hydrogen) atoms. The molecule has 1 N–H and O–H groups in total. The highest BCUT2D eigenvalue weighted by atomic mass is 32.2. The first-order valence-corrected chi connectivity index (χ1v) is 8.83. The highest BCUT2D eigenvalue weighted by Crippen LogP contribution is 2.21. The molecule has 1 heterocycles. The Hall–Kier alpha value is -0.910. The fourth-order valence-electron chi connectivity index (χ4n) is 2.28. The summed E-state index contributed by atoms with van der Waals surface area (Å²) in [6.45, 7) is 9.32. The van der Waals surface area contributed by atoms with Crippen molar-refractivity contribution in [3.63, 3.8) is 0 Å². The second-order valence-corrected chi connectivity index (χ2v) is 7.39. The van der Waals surface area contributed by atoms with Crippen LogP contribution in [0.25, 0.3) is 0 Å². The Kier molecular flexibility index (Phi) is 7.35. The van der Waals surface area contributed by atoms with E-state index in [2.05, 4.69) is 35.3 Å². The molecule has 1 aliphatic rings. The van der Waals surface area contributed by atoms with E-state index in [0.717, 1.165) is 38.4 Å². The number of guanidine groups is 1. The number of esters is 1. The lowest BCUT2D eigenvalue weighted by Gasteiger charge is -2.34. The summed E-state index contributed by atoms with van der Waals surface area (Å²) in [6.07, 6.45) is 3.80. The van der Waals surface area contributed by atoms with E-state index in [1.54, 1.807) is 0 Å². The standard InChI is InChI=1S/C15H29N3O2S/c1-6-20-13(19)12-7-9-18(10-8-12)14(16-4)17-11-15(2,3)21-5/h12H,6-11H2,1-5H3,(H,16,17). The van der Waals surface area contributed by atoms with E-state index in [9.17, 15) is 4.79 Å². The van der Waals surface area contributed by atoms with Crippen molar-refractivity contribution >= 4 is 23.7 Å². The molecule has 1 saturated heterocycles. The molecule has 1 aliphatic heterocycles. The van der Waals surface area contributed by atoms with Crippen LogP contribution >= 0.6 is 11.8 Å². The van der Waals surface area contributed by atoms with Crippen molar-refractivity contribution in [2.45, 2.75) is 38.4 Å². The van der Waals surface area contributed by atoms with Crippen LogP contribution in [0.1, 0.15) is 33.6 Å². The third-order valence-corrected chi connectivity index (χ3v) is 5.10. The number of aliphatic imine (C=N–C) groups is 1. The number of hydrogen-bond acceptors (Lipinski definition) is 4. The van der Waals surface area contributed by atoms with Gasteiger partial charge in [-0.1, -0.05) is 0 Å². The van der Waals surface area contributed by atoms with Gasteiger partial charge in [0.15, 0.2) is 5.96 Å². The zero-order valence-corrected chi connectivity index (χ0v) is 14.8. The number of carbonyl (C=O) groups is 1. The molecular weight excluding hydrogens is 286 g/mol. The molecule has 0 bridgehead atoms. The van der Waals surface area contributed by atoms with Crippen LogP contribution < -0.4 is 5.32 Å². The van der Waals surface area contributed by atoms with Crippen LogP contribution in [0.2, 0.25) is 0 Å². The molecule has 122 valence electrons. The van der Waals surface area contributed by atoms with Crippen LogP contribution in [0.15, 0.2) is 4.99 Å². The molecule has 1 rings (SSSR count). The van der Waals surface area contributed by atoms with Crippen LogP contribution in [0.5, 0.6) is 0 Å². The third kappa shape index (κ3) is 5.77. The maximum absolute atomic E-state index is 11.8. The summed E-state index contributed by atoms with van der Waals surface area (Å²) in [5.41, 5.74) is 0. The lowest BCUT2D eigenvalue weighted by molar-refractivity contribution is -0.149. The molecule has 1 fully saturated rings. The number of hydrogen-bond donors (Lipinski definition) is 1. The van der Waals surface area contributed by atoms with Crippen molar-refractivity contribution in [1.82, 2.24) is 10.2 Å². The Morgan fingerprint density at radius 3 is 2.52 bits per heavy atom. The van der Waals surface area contributed by atoms with Crippen molar-refractivity contribution in [2.75, 3.05) is 39.5 Å². The Bertz CT molecular complexity index is 364. The maximum atomic E-state index is 11.8. The van der Waals surface area contributed by atoms with Crippen LogP contribution in [0.4, 0.5) is 0 Å². The number of piperidine rings is 1. The van der Waals surface area contributed by atoms with Gasteiger partial charge in [0.25, 0.3) is 0 Å². The van der Waals surface area contributed by atoms with Crippen LogP contribution in [0, 0.1) is 5.92 Å². The van der Waals surface area contributed by atoms with Crippen LogP contribution in [-0.2, 0) is 9.53 Å². The molecule has 0 aromatic carbocycles. The predicted octanol–water partition coefficient (Wildman–Crippen LogP) is 1.98. The average molecular weight is 315 g/mol. The van der Waals surface area contributed by atoms with Gasteiger partial charge in [-0.05, 0) is 39.9 Å². The van der Waals surface area contributed by atoms with E-state index in [1.807, 2.05) is 25.7 Å². The summed E-state index contributed by atoms with van der Waals surface area (Å²) >= 11 is 1.84. The van der Waals surface area contributed by atoms with Crippen LogP contribution in [0.3, 0.4) is 0 Å².